The summed E-state index contributed by atoms with van der Waals surface area (Å²) in [6.07, 6.45) is -3.11. The molecule has 0 aliphatic carbocycles. The molecule has 2 aromatic carbocycles. The Hall–Kier alpha value is -3.29. The molecule has 0 bridgehead atoms. The fraction of sp³-hybridized carbons (Fsp3) is 0.158. The van der Waals surface area contributed by atoms with E-state index in [0.717, 1.165) is 12.1 Å². The third kappa shape index (κ3) is 4.46. The number of nitrogens with zero attached hydrogens (tertiary/aromatic N) is 2. The van der Waals surface area contributed by atoms with E-state index >= 15 is 0 Å². The van der Waals surface area contributed by atoms with Crippen LogP contribution in [-0.4, -0.2) is 16.4 Å². The molecule has 1 aromatic heterocycles. The normalized spacial score (nSPS) is 11.9. The Morgan fingerprint density at radius 2 is 1.93 bits per heavy atom. The number of oxime groups is 1. The number of alkyl halides is 3. The first kappa shape index (κ1) is 18.5. The molecule has 0 saturated carbocycles. The Balaban J connectivity index is 1.74. The largest absolute Gasteiger partial charge is 0.487 e. The van der Waals surface area contributed by atoms with Crippen LogP contribution in [0.5, 0.6) is 5.75 Å². The predicted octanol–water partition coefficient (Wildman–Crippen LogP) is 5.06. The summed E-state index contributed by atoms with van der Waals surface area (Å²) in [6.45, 7) is 1.82. The van der Waals surface area contributed by atoms with Gasteiger partial charge in [-0.25, -0.2) is 4.98 Å². The highest BCUT2D eigenvalue weighted by Crippen LogP contribution is 2.31. The first-order valence-electron chi connectivity index (χ1n) is 7.91. The molecular weight excluding hydrogens is 361 g/mol. The van der Waals surface area contributed by atoms with E-state index in [4.69, 9.17) is 14.4 Å². The van der Waals surface area contributed by atoms with Gasteiger partial charge in [-0.1, -0.05) is 17.3 Å². The van der Waals surface area contributed by atoms with Gasteiger partial charge in [0.15, 0.2) is 0 Å². The third-order valence-corrected chi connectivity index (χ3v) is 3.79. The van der Waals surface area contributed by atoms with Crippen molar-refractivity contribution in [1.82, 2.24) is 4.98 Å². The van der Waals surface area contributed by atoms with Crippen molar-refractivity contribution in [3.8, 4) is 17.2 Å². The molecule has 1 heterocycles. The second kappa shape index (κ2) is 7.53. The van der Waals surface area contributed by atoms with Crippen molar-refractivity contribution in [2.45, 2.75) is 19.7 Å². The summed E-state index contributed by atoms with van der Waals surface area (Å²) in [6, 6.07) is 11.5. The average Bonchev–Trinajstić information content (AvgIpc) is 3.01. The number of oxazole rings is 1. The van der Waals surface area contributed by atoms with E-state index < -0.39 is 11.7 Å². The molecule has 0 saturated heterocycles. The van der Waals surface area contributed by atoms with Gasteiger partial charge >= 0.3 is 6.18 Å². The van der Waals surface area contributed by atoms with Crippen molar-refractivity contribution >= 4 is 6.21 Å². The van der Waals surface area contributed by atoms with Crippen LogP contribution >= 0.6 is 0 Å². The maximum Gasteiger partial charge on any atom is 0.416 e. The highest BCUT2D eigenvalue weighted by molar-refractivity contribution is 5.79. The van der Waals surface area contributed by atoms with Crippen LogP contribution in [-0.2, 0) is 12.8 Å². The molecule has 0 fully saturated rings. The highest BCUT2D eigenvalue weighted by atomic mass is 19.4. The van der Waals surface area contributed by atoms with E-state index in [1.807, 2.05) is 0 Å². The maximum absolute atomic E-state index is 12.7. The summed E-state index contributed by atoms with van der Waals surface area (Å²) < 4.78 is 49.2. The van der Waals surface area contributed by atoms with Crippen molar-refractivity contribution in [3.05, 3.63) is 71.1 Å². The number of halogens is 3. The number of benzene rings is 2. The fourth-order valence-electron chi connectivity index (χ4n) is 2.39. The molecule has 0 amide bonds. The number of aryl methyl sites for hydroxylation is 1. The number of hydrogen-bond donors (Lipinski definition) is 1. The van der Waals surface area contributed by atoms with Gasteiger partial charge in [0.05, 0.1) is 11.8 Å². The van der Waals surface area contributed by atoms with E-state index in [9.17, 15) is 13.2 Å². The van der Waals surface area contributed by atoms with E-state index in [-0.39, 0.29) is 12.5 Å². The van der Waals surface area contributed by atoms with Crippen LogP contribution < -0.4 is 4.74 Å². The Kier molecular flexibility index (Phi) is 5.16. The predicted molar refractivity (Wildman–Crippen MR) is 91.8 cm³/mol. The van der Waals surface area contributed by atoms with Crippen molar-refractivity contribution in [3.63, 3.8) is 0 Å². The minimum absolute atomic E-state index is 0.121. The van der Waals surface area contributed by atoms with Crippen molar-refractivity contribution in [2.75, 3.05) is 0 Å². The second-order valence-corrected chi connectivity index (χ2v) is 5.70. The summed E-state index contributed by atoms with van der Waals surface area (Å²) in [7, 11) is 0. The summed E-state index contributed by atoms with van der Waals surface area (Å²) in [5.74, 6) is 1.28. The molecule has 140 valence electrons. The summed E-state index contributed by atoms with van der Waals surface area (Å²) in [4.78, 5) is 4.31. The SMILES string of the molecule is Cc1oc(-c2ccc(C(F)(F)F)cc2)nc1COc1cccc(C=NO)c1. The van der Waals surface area contributed by atoms with Crippen LogP contribution in [0.25, 0.3) is 11.5 Å². The van der Waals surface area contributed by atoms with Gasteiger partial charge in [0.2, 0.25) is 5.89 Å². The second-order valence-electron chi connectivity index (χ2n) is 5.70. The quantitative estimate of drug-likeness (QED) is 0.384. The number of ether oxygens (including phenoxy) is 1. The molecular formula is C19H15F3N2O3. The standard InChI is InChI=1S/C19H15F3N2O3/c1-12-17(11-26-16-4-2-3-13(9-16)10-23-25)24-18(27-12)14-5-7-15(8-6-14)19(20,21)22/h2-10,25H,11H2,1H3. The van der Waals surface area contributed by atoms with Crippen molar-refractivity contribution in [1.29, 1.82) is 0 Å². The van der Waals surface area contributed by atoms with Gasteiger partial charge in [-0.3, -0.25) is 0 Å². The molecule has 0 aliphatic rings. The molecule has 0 aliphatic heterocycles. The minimum atomic E-state index is -4.39. The zero-order valence-corrected chi connectivity index (χ0v) is 14.2. The third-order valence-electron chi connectivity index (χ3n) is 3.79. The Morgan fingerprint density at radius 1 is 1.19 bits per heavy atom. The Morgan fingerprint density at radius 3 is 2.59 bits per heavy atom. The van der Waals surface area contributed by atoms with Crippen molar-refractivity contribution < 1.29 is 27.5 Å². The smallest absolute Gasteiger partial charge is 0.416 e. The molecule has 0 unspecified atom stereocenters. The van der Waals surface area contributed by atoms with Gasteiger partial charge in [0.25, 0.3) is 0 Å². The van der Waals surface area contributed by atoms with Gasteiger partial charge in [0, 0.05) is 5.56 Å². The van der Waals surface area contributed by atoms with E-state index in [2.05, 4.69) is 10.1 Å². The molecule has 0 atom stereocenters. The molecule has 0 radical (unpaired) electrons. The molecule has 3 aromatic rings. The summed E-state index contributed by atoms with van der Waals surface area (Å²) in [5.41, 5.74) is 0.909. The Bertz CT molecular complexity index is 948. The van der Waals surface area contributed by atoms with Gasteiger partial charge in [-0.05, 0) is 48.9 Å². The number of hydrogen-bond acceptors (Lipinski definition) is 5. The molecule has 3 rings (SSSR count). The lowest BCUT2D eigenvalue weighted by atomic mass is 10.1. The minimum Gasteiger partial charge on any atom is -0.487 e. The van der Waals surface area contributed by atoms with E-state index in [0.29, 0.717) is 28.3 Å². The van der Waals surface area contributed by atoms with Crippen molar-refractivity contribution in [2.24, 2.45) is 5.16 Å². The molecule has 27 heavy (non-hydrogen) atoms. The van der Waals surface area contributed by atoms with Gasteiger partial charge in [-0.2, -0.15) is 13.2 Å². The van der Waals surface area contributed by atoms with Crippen LogP contribution in [0.1, 0.15) is 22.6 Å². The number of aromatic nitrogens is 1. The zero-order chi connectivity index (χ0) is 19.4. The lowest BCUT2D eigenvalue weighted by Crippen LogP contribution is -2.04. The van der Waals surface area contributed by atoms with Gasteiger partial charge in [-0.15, -0.1) is 0 Å². The fourth-order valence-corrected chi connectivity index (χ4v) is 2.39. The summed E-state index contributed by atoms with van der Waals surface area (Å²) in [5, 5.41) is 11.5. The first-order valence-corrected chi connectivity index (χ1v) is 7.91. The van der Waals surface area contributed by atoms with Gasteiger partial charge in [0.1, 0.15) is 23.8 Å². The van der Waals surface area contributed by atoms with Crippen LogP contribution in [0.15, 0.2) is 58.1 Å². The summed E-state index contributed by atoms with van der Waals surface area (Å²) >= 11 is 0. The monoisotopic (exact) mass is 376 g/mol. The molecule has 1 N–H and O–H groups in total. The van der Waals surface area contributed by atoms with Crippen LogP contribution in [0, 0.1) is 6.92 Å². The lowest BCUT2D eigenvalue weighted by molar-refractivity contribution is -0.137. The Labute approximate surface area is 152 Å². The van der Waals surface area contributed by atoms with E-state index in [1.54, 1.807) is 31.2 Å². The highest BCUT2D eigenvalue weighted by Gasteiger charge is 2.30. The zero-order valence-electron chi connectivity index (χ0n) is 14.2. The topological polar surface area (TPSA) is 67.9 Å². The average molecular weight is 376 g/mol. The van der Waals surface area contributed by atoms with E-state index in [1.165, 1.54) is 18.3 Å². The molecule has 8 heteroatoms. The molecule has 0 spiro atoms. The van der Waals surface area contributed by atoms with Gasteiger partial charge < -0.3 is 14.4 Å². The van der Waals surface area contributed by atoms with Crippen LogP contribution in [0.4, 0.5) is 13.2 Å². The first-order chi connectivity index (χ1) is 12.9. The maximum atomic E-state index is 12.7. The lowest BCUT2D eigenvalue weighted by Gasteiger charge is -2.06. The molecule has 5 nitrogen and oxygen atoms in total. The number of rotatable bonds is 5. The van der Waals surface area contributed by atoms with Crippen LogP contribution in [0.3, 0.4) is 0 Å². The van der Waals surface area contributed by atoms with Crippen LogP contribution in [0.2, 0.25) is 0 Å².